The number of piperazine rings is 1. The topological polar surface area (TPSA) is 35.5 Å². The van der Waals surface area contributed by atoms with Gasteiger partial charge in [0.25, 0.3) is 0 Å². The first-order chi connectivity index (χ1) is 10.1. The minimum Gasteiger partial charge on any atom is -0.507 e. The van der Waals surface area contributed by atoms with Gasteiger partial charge in [-0.05, 0) is 37.0 Å². The Hall–Kier alpha value is -1.06. The van der Waals surface area contributed by atoms with Gasteiger partial charge in [-0.25, -0.2) is 0 Å². The highest BCUT2D eigenvalue weighted by atomic mass is 16.3. The van der Waals surface area contributed by atoms with Crippen LogP contribution in [0.4, 0.5) is 0 Å². The Kier molecular flexibility index (Phi) is 6.07. The zero-order valence-electron chi connectivity index (χ0n) is 13.8. The lowest BCUT2D eigenvalue weighted by Gasteiger charge is -2.35. The van der Waals surface area contributed by atoms with Crippen LogP contribution in [0.1, 0.15) is 55.3 Å². The van der Waals surface area contributed by atoms with Crippen LogP contribution in [-0.2, 0) is 0 Å². The van der Waals surface area contributed by atoms with Gasteiger partial charge < -0.3 is 10.4 Å². The highest BCUT2D eigenvalue weighted by Crippen LogP contribution is 2.32. The van der Waals surface area contributed by atoms with E-state index in [2.05, 4.69) is 29.3 Å². The van der Waals surface area contributed by atoms with E-state index >= 15 is 0 Å². The molecule has 0 bridgehead atoms. The number of nitrogens with zero attached hydrogens (tertiary/aromatic N) is 1. The second-order valence-corrected chi connectivity index (χ2v) is 6.30. The predicted molar refractivity (Wildman–Crippen MR) is 88.9 cm³/mol. The molecule has 0 saturated carbocycles. The third-order valence-corrected chi connectivity index (χ3v) is 4.57. The molecule has 0 unspecified atom stereocenters. The molecule has 21 heavy (non-hydrogen) atoms. The summed E-state index contributed by atoms with van der Waals surface area (Å²) in [7, 11) is 0. The smallest absolute Gasteiger partial charge is 0.121 e. The number of hydrogen-bond donors (Lipinski definition) is 2. The first-order valence-electron chi connectivity index (χ1n) is 8.38. The number of phenols is 1. The maximum atomic E-state index is 10.0. The van der Waals surface area contributed by atoms with Crippen molar-refractivity contribution in [1.29, 1.82) is 0 Å². The van der Waals surface area contributed by atoms with Crippen molar-refractivity contribution in [2.75, 3.05) is 26.2 Å². The van der Waals surface area contributed by atoms with Gasteiger partial charge in [0.05, 0.1) is 0 Å². The fraction of sp³-hybridized carbons (Fsp3) is 0.667. The highest BCUT2D eigenvalue weighted by Gasteiger charge is 2.22. The molecule has 2 N–H and O–H groups in total. The molecule has 0 spiro atoms. The molecule has 1 atom stereocenters. The molecular weight excluding hydrogens is 260 g/mol. The van der Waals surface area contributed by atoms with E-state index in [9.17, 15) is 5.11 Å². The number of hydrogen-bond acceptors (Lipinski definition) is 3. The maximum absolute atomic E-state index is 10.0. The molecule has 2 rings (SSSR count). The van der Waals surface area contributed by atoms with Crippen molar-refractivity contribution in [3.63, 3.8) is 0 Å². The quantitative estimate of drug-likeness (QED) is 0.787. The Morgan fingerprint density at radius 1 is 1.14 bits per heavy atom. The molecule has 1 aromatic rings. The zero-order valence-corrected chi connectivity index (χ0v) is 13.8. The summed E-state index contributed by atoms with van der Waals surface area (Å²) in [6.45, 7) is 10.7. The summed E-state index contributed by atoms with van der Waals surface area (Å²) < 4.78 is 0. The lowest BCUT2D eigenvalue weighted by Crippen LogP contribution is -2.45. The first-order valence-corrected chi connectivity index (χ1v) is 8.38. The van der Waals surface area contributed by atoms with E-state index in [-0.39, 0.29) is 0 Å². The van der Waals surface area contributed by atoms with Crippen LogP contribution >= 0.6 is 0 Å². The van der Waals surface area contributed by atoms with Gasteiger partial charge in [0.2, 0.25) is 0 Å². The van der Waals surface area contributed by atoms with Crippen molar-refractivity contribution in [3.8, 4) is 5.75 Å². The number of aryl methyl sites for hydroxylation is 2. The van der Waals surface area contributed by atoms with Gasteiger partial charge >= 0.3 is 0 Å². The van der Waals surface area contributed by atoms with Crippen LogP contribution < -0.4 is 5.32 Å². The third-order valence-electron chi connectivity index (χ3n) is 4.57. The molecule has 1 aliphatic heterocycles. The molecule has 3 heteroatoms. The normalized spacial score (nSPS) is 17.9. The maximum Gasteiger partial charge on any atom is 0.121 e. The Balaban J connectivity index is 2.20. The van der Waals surface area contributed by atoms with Crippen molar-refractivity contribution in [1.82, 2.24) is 10.2 Å². The summed E-state index contributed by atoms with van der Waals surface area (Å²) >= 11 is 0. The van der Waals surface area contributed by atoms with Crippen LogP contribution in [0.5, 0.6) is 5.75 Å². The highest BCUT2D eigenvalue weighted by molar-refractivity contribution is 5.43. The van der Waals surface area contributed by atoms with Crippen LogP contribution in [0.2, 0.25) is 0 Å². The molecule has 0 amide bonds. The summed E-state index contributed by atoms with van der Waals surface area (Å²) in [6, 6.07) is 4.86. The Morgan fingerprint density at radius 2 is 1.76 bits per heavy atom. The standard InChI is InChI=1S/C18H30N2O/c1-4-5-6-7-17(20-10-8-19-9-11-20)16-12-14(2)18(21)15(3)13-16/h12-13,17,19,21H,4-11H2,1-3H3/t17-/m0/s1. The summed E-state index contributed by atoms with van der Waals surface area (Å²) in [5.41, 5.74) is 3.38. The second-order valence-electron chi connectivity index (χ2n) is 6.30. The van der Waals surface area contributed by atoms with Gasteiger partial charge in [0, 0.05) is 32.2 Å². The number of phenolic OH excluding ortho intramolecular Hbond substituents is 1. The van der Waals surface area contributed by atoms with Crippen molar-refractivity contribution in [2.45, 2.75) is 52.5 Å². The van der Waals surface area contributed by atoms with Crippen molar-refractivity contribution in [3.05, 3.63) is 28.8 Å². The number of aromatic hydroxyl groups is 1. The van der Waals surface area contributed by atoms with Gasteiger partial charge in [0.15, 0.2) is 0 Å². The van der Waals surface area contributed by atoms with Crippen LogP contribution in [0, 0.1) is 13.8 Å². The van der Waals surface area contributed by atoms with Gasteiger partial charge in [-0.1, -0.05) is 38.3 Å². The van der Waals surface area contributed by atoms with Gasteiger partial charge in [-0.15, -0.1) is 0 Å². The van der Waals surface area contributed by atoms with E-state index in [1.54, 1.807) is 0 Å². The van der Waals surface area contributed by atoms with Crippen molar-refractivity contribution < 1.29 is 5.11 Å². The van der Waals surface area contributed by atoms with E-state index in [1.807, 2.05) is 13.8 Å². The minimum atomic E-state index is 0.450. The zero-order chi connectivity index (χ0) is 15.2. The molecule has 0 aromatic heterocycles. The Bertz CT molecular complexity index is 430. The van der Waals surface area contributed by atoms with Crippen molar-refractivity contribution >= 4 is 0 Å². The molecule has 1 fully saturated rings. The molecule has 3 nitrogen and oxygen atoms in total. The lowest BCUT2D eigenvalue weighted by molar-refractivity contribution is 0.162. The molecule has 118 valence electrons. The van der Waals surface area contributed by atoms with Crippen LogP contribution in [0.3, 0.4) is 0 Å². The average molecular weight is 290 g/mol. The second kappa shape index (κ2) is 7.81. The monoisotopic (exact) mass is 290 g/mol. The SMILES string of the molecule is CCCCC[C@@H](c1cc(C)c(O)c(C)c1)N1CCNCC1. The van der Waals surface area contributed by atoms with E-state index in [4.69, 9.17) is 0 Å². The summed E-state index contributed by atoms with van der Waals surface area (Å²) in [5, 5.41) is 13.5. The average Bonchev–Trinajstić information content (AvgIpc) is 2.50. The lowest BCUT2D eigenvalue weighted by atomic mass is 9.94. The fourth-order valence-corrected chi connectivity index (χ4v) is 3.32. The molecule has 1 aliphatic rings. The summed E-state index contributed by atoms with van der Waals surface area (Å²) in [4.78, 5) is 2.61. The Labute approximate surface area is 129 Å². The van der Waals surface area contributed by atoms with Gasteiger partial charge in [-0.3, -0.25) is 4.90 Å². The number of benzene rings is 1. The number of nitrogens with one attached hydrogen (secondary N) is 1. The van der Waals surface area contributed by atoms with Crippen LogP contribution in [0.25, 0.3) is 0 Å². The molecule has 1 heterocycles. The number of unbranched alkanes of at least 4 members (excludes halogenated alkanes) is 2. The van der Waals surface area contributed by atoms with E-state index < -0.39 is 0 Å². The summed E-state index contributed by atoms with van der Waals surface area (Å²) in [6.07, 6.45) is 5.07. The minimum absolute atomic E-state index is 0.450. The molecule has 1 saturated heterocycles. The third kappa shape index (κ3) is 4.21. The van der Waals surface area contributed by atoms with Crippen LogP contribution in [-0.4, -0.2) is 36.2 Å². The number of rotatable bonds is 6. The summed E-state index contributed by atoms with van der Waals surface area (Å²) in [5.74, 6) is 0.450. The first kappa shape index (κ1) is 16.3. The largest absolute Gasteiger partial charge is 0.507 e. The van der Waals surface area contributed by atoms with Crippen LogP contribution in [0.15, 0.2) is 12.1 Å². The fourth-order valence-electron chi connectivity index (χ4n) is 3.32. The van der Waals surface area contributed by atoms with Crippen molar-refractivity contribution in [2.24, 2.45) is 0 Å². The van der Waals surface area contributed by atoms with E-state index in [0.717, 1.165) is 37.3 Å². The van der Waals surface area contributed by atoms with Gasteiger partial charge in [0.1, 0.15) is 5.75 Å². The molecular formula is C18H30N2O. The molecule has 0 radical (unpaired) electrons. The molecule has 1 aromatic carbocycles. The van der Waals surface area contributed by atoms with E-state index in [0.29, 0.717) is 11.8 Å². The predicted octanol–water partition coefficient (Wildman–Crippen LogP) is 3.54. The van der Waals surface area contributed by atoms with Gasteiger partial charge in [-0.2, -0.15) is 0 Å². The molecule has 0 aliphatic carbocycles. The Morgan fingerprint density at radius 3 is 2.33 bits per heavy atom. The van der Waals surface area contributed by atoms with E-state index in [1.165, 1.54) is 31.2 Å².